The average Bonchev–Trinajstić information content (AvgIpc) is 3.60. The van der Waals surface area contributed by atoms with Gasteiger partial charge in [0.05, 0.1) is 31.5 Å². The van der Waals surface area contributed by atoms with E-state index in [1.165, 1.54) is 0 Å². The smallest absolute Gasteiger partial charge is 0.257 e. The van der Waals surface area contributed by atoms with E-state index in [1.807, 2.05) is 66.7 Å². The van der Waals surface area contributed by atoms with Gasteiger partial charge in [-0.2, -0.15) is 5.10 Å². The zero-order valence-electron chi connectivity index (χ0n) is 20.3. The topological polar surface area (TPSA) is 87.4 Å². The lowest BCUT2D eigenvalue weighted by atomic mass is 9.97. The molecule has 8 nitrogen and oxygen atoms in total. The summed E-state index contributed by atoms with van der Waals surface area (Å²) < 4.78 is 10.9. The molecule has 2 atom stereocenters. The van der Waals surface area contributed by atoms with Gasteiger partial charge in [0, 0.05) is 18.7 Å². The second-order valence-electron chi connectivity index (χ2n) is 9.18. The van der Waals surface area contributed by atoms with E-state index in [9.17, 15) is 9.59 Å². The number of benzene rings is 2. The number of nitrogens with one attached hydrogen (secondary N) is 1. The Balaban J connectivity index is 1.27. The SMILES string of the molecule is COc1ccc(C2=NN(C(=O)CN3CCC[C@@H](C(=O)Nc4ccccc4)C3)[C@H](c3ccco3)C2)cc1. The number of likely N-dealkylation sites (tertiary alicyclic amines) is 1. The van der Waals surface area contributed by atoms with Crippen LogP contribution < -0.4 is 10.1 Å². The summed E-state index contributed by atoms with van der Waals surface area (Å²) in [6.45, 7) is 1.51. The van der Waals surface area contributed by atoms with Gasteiger partial charge in [-0.25, -0.2) is 5.01 Å². The predicted octanol–water partition coefficient (Wildman–Crippen LogP) is 4.32. The number of nitrogens with zero attached hydrogens (tertiary/aromatic N) is 3. The first-order chi connectivity index (χ1) is 17.6. The number of amides is 2. The van der Waals surface area contributed by atoms with E-state index >= 15 is 0 Å². The number of anilines is 1. The number of carbonyl (C=O) groups excluding carboxylic acids is 2. The van der Waals surface area contributed by atoms with E-state index in [0.717, 1.165) is 42.1 Å². The third kappa shape index (κ3) is 5.33. The molecule has 0 unspecified atom stereocenters. The molecule has 5 rings (SSSR count). The Morgan fingerprint density at radius 3 is 2.61 bits per heavy atom. The van der Waals surface area contributed by atoms with Crippen LogP contribution in [0.4, 0.5) is 5.69 Å². The van der Waals surface area contributed by atoms with Crippen LogP contribution in [-0.2, 0) is 9.59 Å². The zero-order valence-corrected chi connectivity index (χ0v) is 20.3. The first kappa shape index (κ1) is 23.8. The number of furan rings is 1. The largest absolute Gasteiger partial charge is 0.497 e. The van der Waals surface area contributed by atoms with Gasteiger partial charge in [-0.3, -0.25) is 14.5 Å². The molecule has 0 radical (unpaired) electrons. The van der Waals surface area contributed by atoms with Crippen molar-refractivity contribution in [1.29, 1.82) is 0 Å². The van der Waals surface area contributed by atoms with E-state index in [1.54, 1.807) is 18.4 Å². The van der Waals surface area contributed by atoms with Crippen molar-refractivity contribution in [3.63, 3.8) is 0 Å². The van der Waals surface area contributed by atoms with Crippen molar-refractivity contribution in [3.8, 4) is 5.75 Å². The molecule has 2 aromatic carbocycles. The maximum absolute atomic E-state index is 13.5. The molecule has 186 valence electrons. The van der Waals surface area contributed by atoms with Gasteiger partial charge in [-0.1, -0.05) is 18.2 Å². The standard InChI is InChI=1S/C28H30N4O4/c1-35-23-13-11-20(12-14-23)24-17-25(26-10-6-16-36-26)32(30-24)27(33)19-31-15-5-7-21(18-31)28(34)29-22-8-3-2-4-9-22/h2-4,6,8-14,16,21,25H,5,7,15,17-19H2,1H3,(H,29,34)/t21-,25+/m1/s1. The lowest BCUT2D eigenvalue weighted by Gasteiger charge is -2.32. The lowest BCUT2D eigenvalue weighted by Crippen LogP contribution is -2.45. The van der Waals surface area contributed by atoms with Crippen LogP contribution in [0.1, 0.15) is 36.6 Å². The quantitative estimate of drug-likeness (QED) is 0.538. The fourth-order valence-corrected chi connectivity index (χ4v) is 4.84. The minimum absolute atomic E-state index is 0.00667. The summed E-state index contributed by atoms with van der Waals surface area (Å²) in [5, 5.41) is 9.26. The van der Waals surface area contributed by atoms with Crippen molar-refractivity contribution in [2.75, 3.05) is 32.1 Å². The number of hydrogen-bond acceptors (Lipinski definition) is 6. The van der Waals surface area contributed by atoms with E-state index in [4.69, 9.17) is 14.3 Å². The second-order valence-corrected chi connectivity index (χ2v) is 9.18. The number of rotatable bonds is 7. The van der Waals surface area contributed by atoms with Crippen LogP contribution in [0.25, 0.3) is 0 Å². The fourth-order valence-electron chi connectivity index (χ4n) is 4.84. The summed E-state index contributed by atoms with van der Waals surface area (Å²) in [6, 6.07) is 20.5. The van der Waals surface area contributed by atoms with Crippen LogP contribution in [0.5, 0.6) is 5.75 Å². The Morgan fingerprint density at radius 2 is 1.89 bits per heavy atom. The number of carbonyl (C=O) groups is 2. The Bertz CT molecular complexity index is 1210. The molecule has 1 saturated heterocycles. The molecule has 8 heteroatoms. The zero-order chi connectivity index (χ0) is 24.9. The number of ether oxygens (including phenoxy) is 1. The number of hydrogen-bond donors (Lipinski definition) is 1. The molecule has 36 heavy (non-hydrogen) atoms. The summed E-state index contributed by atoms with van der Waals surface area (Å²) in [5.74, 6) is 1.19. The van der Waals surface area contributed by atoms with Gasteiger partial charge in [-0.05, 0) is 73.5 Å². The van der Waals surface area contributed by atoms with E-state index in [-0.39, 0.29) is 30.3 Å². The molecule has 0 aliphatic carbocycles. The summed E-state index contributed by atoms with van der Waals surface area (Å²) in [7, 11) is 1.63. The monoisotopic (exact) mass is 486 g/mol. The number of methoxy groups -OCH3 is 1. The molecule has 2 aliphatic heterocycles. The van der Waals surface area contributed by atoms with Gasteiger partial charge >= 0.3 is 0 Å². The normalized spacial score (nSPS) is 20.1. The van der Waals surface area contributed by atoms with E-state index in [0.29, 0.717) is 18.7 Å². The summed E-state index contributed by atoms with van der Waals surface area (Å²) in [5.41, 5.74) is 2.55. The Morgan fingerprint density at radius 1 is 1.08 bits per heavy atom. The second kappa shape index (κ2) is 10.8. The highest BCUT2D eigenvalue weighted by molar-refractivity contribution is 6.03. The van der Waals surface area contributed by atoms with Gasteiger partial charge in [0.2, 0.25) is 5.91 Å². The number of para-hydroxylation sites is 1. The molecule has 1 fully saturated rings. The van der Waals surface area contributed by atoms with Gasteiger partial charge < -0.3 is 14.5 Å². The van der Waals surface area contributed by atoms with Crippen molar-refractivity contribution in [2.24, 2.45) is 11.0 Å². The lowest BCUT2D eigenvalue weighted by molar-refractivity contribution is -0.136. The Labute approximate surface area is 210 Å². The number of hydrazone groups is 1. The molecular formula is C28H30N4O4. The van der Waals surface area contributed by atoms with Crippen molar-refractivity contribution in [2.45, 2.75) is 25.3 Å². The highest BCUT2D eigenvalue weighted by atomic mass is 16.5. The van der Waals surface area contributed by atoms with Crippen molar-refractivity contribution >= 4 is 23.2 Å². The predicted molar refractivity (Wildman–Crippen MR) is 137 cm³/mol. The van der Waals surface area contributed by atoms with Gasteiger partial charge in [0.25, 0.3) is 5.91 Å². The maximum atomic E-state index is 13.5. The summed E-state index contributed by atoms with van der Waals surface area (Å²) >= 11 is 0. The van der Waals surface area contributed by atoms with Gasteiger partial charge in [-0.15, -0.1) is 0 Å². The number of piperidine rings is 1. The van der Waals surface area contributed by atoms with E-state index < -0.39 is 0 Å². The Hall–Kier alpha value is -3.91. The fraction of sp³-hybridized carbons (Fsp3) is 0.321. The molecular weight excluding hydrogens is 456 g/mol. The first-order valence-electron chi connectivity index (χ1n) is 12.3. The average molecular weight is 487 g/mol. The van der Waals surface area contributed by atoms with Crippen LogP contribution in [0.3, 0.4) is 0 Å². The van der Waals surface area contributed by atoms with Crippen LogP contribution in [0.2, 0.25) is 0 Å². The molecule has 0 bridgehead atoms. The van der Waals surface area contributed by atoms with Crippen molar-refractivity contribution in [3.05, 3.63) is 84.3 Å². The van der Waals surface area contributed by atoms with Crippen molar-refractivity contribution in [1.82, 2.24) is 9.91 Å². The highest BCUT2D eigenvalue weighted by Gasteiger charge is 2.36. The van der Waals surface area contributed by atoms with Gasteiger partial charge in [0.15, 0.2) is 0 Å². The van der Waals surface area contributed by atoms with Crippen LogP contribution in [-0.4, -0.2) is 54.2 Å². The first-order valence-corrected chi connectivity index (χ1v) is 12.3. The maximum Gasteiger partial charge on any atom is 0.257 e. The van der Waals surface area contributed by atoms with Crippen LogP contribution in [0.15, 0.2) is 82.5 Å². The summed E-state index contributed by atoms with van der Waals surface area (Å²) in [4.78, 5) is 28.4. The third-order valence-electron chi connectivity index (χ3n) is 6.74. The highest BCUT2D eigenvalue weighted by Crippen LogP contribution is 2.33. The molecule has 1 aromatic heterocycles. The molecule has 0 spiro atoms. The van der Waals surface area contributed by atoms with Crippen molar-refractivity contribution < 1.29 is 18.7 Å². The van der Waals surface area contributed by atoms with E-state index in [2.05, 4.69) is 10.2 Å². The van der Waals surface area contributed by atoms with Gasteiger partial charge in [0.1, 0.15) is 17.6 Å². The molecule has 3 aromatic rings. The molecule has 2 aliphatic rings. The molecule has 3 heterocycles. The molecule has 0 saturated carbocycles. The molecule has 2 amide bonds. The van der Waals surface area contributed by atoms with Crippen LogP contribution >= 0.6 is 0 Å². The van der Waals surface area contributed by atoms with Crippen LogP contribution in [0, 0.1) is 5.92 Å². The minimum Gasteiger partial charge on any atom is -0.497 e. The summed E-state index contributed by atoms with van der Waals surface area (Å²) in [6.07, 6.45) is 3.85. The molecule has 1 N–H and O–H groups in total. The third-order valence-corrected chi connectivity index (χ3v) is 6.74. The Kier molecular flexibility index (Phi) is 7.13. The minimum atomic E-state index is -0.299.